The van der Waals surface area contributed by atoms with E-state index in [2.05, 4.69) is 26.0 Å². The van der Waals surface area contributed by atoms with Crippen LogP contribution in [-0.4, -0.2) is 67.1 Å². The number of aliphatic hydroxyl groups excluding tert-OH is 5. The van der Waals surface area contributed by atoms with E-state index in [1.165, 1.54) is 0 Å². The van der Waals surface area contributed by atoms with Gasteiger partial charge >= 0.3 is 5.97 Å². The summed E-state index contributed by atoms with van der Waals surface area (Å²) >= 11 is 0. The summed E-state index contributed by atoms with van der Waals surface area (Å²) in [5.41, 5.74) is 0.868. The Morgan fingerprint density at radius 3 is 2.26 bits per heavy atom. The van der Waals surface area contributed by atoms with E-state index in [1.807, 2.05) is 32.9 Å². The van der Waals surface area contributed by atoms with Gasteiger partial charge in [-0.15, -0.1) is 0 Å². The highest BCUT2D eigenvalue weighted by Crippen LogP contribution is 2.55. The Balaban J connectivity index is 2.15. The average Bonchev–Trinajstić information content (AvgIpc) is 2.83. The molecule has 218 valence electrons. The Morgan fingerprint density at radius 2 is 1.68 bits per heavy atom. The lowest BCUT2D eigenvalue weighted by atomic mass is 9.52. The molecule has 2 aliphatic carbocycles. The molecule has 0 aromatic rings. The number of rotatable bonds is 12. The Morgan fingerprint density at radius 1 is 1.05 bits per heavy atom. The van der Waals surface area contributed by atoms with Crippen LogP contribution in [-0.2, 0) is 4.79 Å². The summed E-state index contributed by atoms with van der Waals surface area (Å²) in [5, 5.41) is 62.2. The lowest BCUT2D eigenvalue weighted by molar-refractivity contribution is -0.132. The van der Waals surface area contributed by atoms with Crippen LogP contribution in [0.4, 0.5) is 0 Å². The van der Waals surface area contributed by atoms with Crippen molar-refractivity contribution in [2.45, 2.75) is 111 Å². The van der Waals surface area contributed by atoms with Gasteiger partial charge in [0.15, 0.2) is 0 Å². The van der Waals surface area contributed by atoms with Crippen molar-refractivity contribution < 1.29 is 35.4 Å². The number of allylic oxidation sites excluding steroid dienone is 3. The summed E-state index contributed by atoms with van der Waals surface area (Å²) in [4.78, 5) is 11.7. The molecule has 1 saturated carbocycles. The van der Waals surface area contributed by atoms with Crippen molar-refractivity contribution in [1.29, 1.82) is 0 Å². The molecular formula is C31H52O7. The third kappa shape index (κ3) is 7.79. The Kier molecular flexibility index (Phi) is 11.8. The van der Waals surface area contributed by atoms with Gasteiger partial charge in [-0.1, -0.05) is 64.5 Å². The molecule has 1 fully saturated rings. The third-order valence-corrected chi connectivity index (χ3v) is 9.34. The Labute approximate surface area is 229 Å². The predicted molar refractivity (Wildman–Crippen MR) is 149 cm³/mol. The predicted octanol–water partition coefficient (Wildman–Crippen LogP) is 4.09. The first-order valence-corrected chi connectivity index (χ1v) is 14.3. The fourth-order valence-electron chi connectivity index (χ4n) is 6.74. The van der Waals surface area contributed by atoms with Crippen molar-refractivity contribution in [3.63, 3.8) is 0 Å². The second-order valence-corrected chi connectivity index (χ2v) is 12.7. The molecule has 0 unspecified atom stereocenters. The van der Waals surface area contributed by atoms with Crippen molar-refractivity contribution in [3.8, 4) is 0 Å². The molecule has 0 aromatic carbocycles. The third-order valence-electron chi connectivity index (χ3n) is 9.34. The van der Waals surface area contributed by atoms with Crippen LogP contribution < -0.4 is 0 Å². The van der Waals surface area contributed by atoms with Crippen molar-refractivity contribution >= 4 is 5.97 Å². The molecule has 2 aliphatic rings. The number of fused-ring (bicyclic) bond motifs is 1. The molecule has 0 aromatic heterocycles. The van der Waals surface area contributed by atoms with Crippen LogP contribution in [0.2, 0.25) is 0 Å². The van der Waals surface area contributed by atoms with Crippen LogP contribution in [0.25, 0.3) is 0 Å². The molecule has 0 amide bonds. The molecule has 0 radical (unpaired) electrons. The summed E-state index contributed by atoms with van der Waals surface area (Å²) in [6.45, 7) is 13.4. The number of aliphatic carboxylic acids is 1. The van der Waals surface area contributed by atoms with Crippen LogP contribution in [0.3, 0.4) is 0 Å². The van der Waals surface area contributed by atoms with E-state index in [0.29, 0.717) is 12.3 Å². The number of carbonyl (C=O) groups is 1. The normalized spacial score (nSPS) is 34.4. The fourth-order valence-corrected chi connectivity index (χ4v) is 6.74. The average molecular weight is 537 g/mol. The van der Waals surface area contributed by atoms with E-state index < -0.39 is 41.9 Å². The Hall–Kier alpha value is -1.51. The summed E-state index contributed by atoms with van der Waals surface area (Å²) in [7, 11) is 0. The smallest absolute Gasteiger partial charge is 0.330 e. The van der Waals surface area contributed by atoms with Crippen LogP contribution in [0.15, 0.2) is 35.5 Å². The molecule has 7 heteroatoms. The molecule has 11 atom stereocenters. The Bertz CT molecular complexity index is 877. The van der Waals surface area contributed by atoms with E-state index in [0.717, 1.165) is 18.4 Å². The summed E-state index contributed by atoms with van der Waals surface area (Å²) in [6, 6.07) is 0. The summed E-state index contributed by atoms with van der Waals surface area (Å²) in [5.74, 6) is -1.10. The van der Waals surface area contributed by atoms with Gasteiger partial charge in [-0.2, -0.15) is 0 Å². The van der Waals surface area contributed by atoms with E-state index in [1.54, 1.807) is 13.8 Å². The molecule has 0 bridgehead atoms. The minimum atomic E-state index is -0.951. The lowest BCUT2D eigenvalue weighted by Gasteiger charge is -2.54. The molecule has 38 heavy (non-hydrogen) atoms. The second-order valence-electron chi connectivity index (χ2n) is 12.7. The van der Waals surface area contributed by atoms with Gasteiger partial charge in [-0.3, -0.25) is 0 Å². The van der Waals surface area contributed by atoms with Crippen LogP contribution >= 0.6 is 0 Å². The topological polar surface area (TPSA) is 138 Å². The van der Waals surface area contributed by atoms with Gasteiger partial charge < -0.3 is 30.6 Å². The molecule has 0 heterocycles. The number of hydrogen-bond acceptors (Lipinski definition) is 6. The van der Waals surface area contributed by atoms with Crippen LogP contribution in [0.5, 0.6) is 0 Å². The zero-order valence-corrected chi connectivity index (χ0v) is 24.3. The van der Waals surface area contributed by atoms with E-state index in [9.17, 15) is 35.4 Å². The van der Waals surface area contributed by atoms with Gasteiger partial charge in [-0.05, 0) is 69.6 Å². The van der Waals surface area contributed by atoms with Crippen LogP contribution in [0.1, 0.15) is 80.6 Å². The second kappa shape index (κ2) is 13.7. The number of carboxylic acids is 1. The van der Waals surface area contributed by atoms with Crippen molar-refractivity contribution in [2.75, 3.05) is 0 Å². The SMILES string of the molecule is C/C(=C\[C@@H]1[C@H]2[C@@H](C)CC[C@@H](O)[C@@]2(C)C=C[C@H]1/C(C)=C/C[C@H](O)C[C@@H](O)C[C@@H](O)[C@H](C)[C@@H](O)C(C)C)C(=O)O. The van der Waals surface area contributed by atoms with Crippen molar-refractivity contribution in [3.05, 3.63) is 35.5 Å². The molecule has 7 nitrogen and oxygen atoms in total. The molecule has 2 rings (SSSR count). The first-order valence-electron chi connectivity index (χ1n) is 14.3. The van der Waals surface area contributed by atoms with Gasteiger partial charge in [0.1, 0.15) is 0 Å². The van der Waals surface area contributed by atoms with Crippen molar-refractivity contribution in [1.82, 2.24) is 0 Å². The first kappa shape index (κ1) is 32.7. The zero-order chi connectivity index (χ0) is 28.9. The first-order chi connectivity index (χ1) is 17.6. The highest BCUT2D eigenvalue weighted by molar-refractivity contribution is 5.85. The molecular weight excluding hydrogens is 484 g/mol. The number of carboxylic acid groups (broad SMARTS) is 1. The van der Waals surface area contributed by atoms with Gasteiger partial charge in [0.2, 0.25) is 0 Å². The van der Waals surface area contributed by atoms with Crippen LogP contribution in [0, 0.1) is 40.9 Å². The zero-order valence-electron chi connectivity index (χ0n) is 24.3. The highest BCUT2D eigenvalue weighted by Gasteiger charge is 2.51. The van der Waals surface area contributed by atoms with E-state index in [4.69, 9.17) is 0 Å². The summed E-state index contributed by atoms with van der Waals surface area (Å²) in [6.07, 6.45) is 6.39. The quantitative estimate of drug-likeness (QED) is 0.163. The van der Waals surface area contributed by atoms with E-state index in [-0.39, 0.29) is 48.0 Å². The molecule has 0 spiro atoms. The molecule has 0 aliphatic heterocycles. The maximum atomic E-state index is 11.7. The van der Waals surface area contributed by atoms with E-state index >= 15 is 0 Å². The van der Waals surface area contributed by atoms with Gasteiger partial charge in [0.25, 0.3) is 0 Å². The maximum Gasteiger partial charge on any atom is 0.330 e. The fraction of sp³-hybridized carbons (Fsp3) is 0.774. The highest BCUT2D eigenvalue weighted by atomic mass is 16.4. The lowest BCUT2D eigenvalue weighted by Crippen LogP contribution is -2.51. The van der Waals surface area contributed by atoms with Gasteiger partial charge in [-0.25, -0.2) is 4.79 Å². The minimum absolute atomic E-state index is 0.0000161. The molecule has 6 N–H and O–H groups in total. The largest absolute Gasteiger partial charge is 0.478 e. The van der Waals surface area contributed by atoms with Gasteiger partial charge in [0, 0.05) is 22.8 Å². The standard InChI is InChI=1S/C31H52O7/c1-17(2)29(36)21(6)26(34)16-23(33)15-22(32)10-8-18(3)24-12-13-31(7)27(35)11-9-19(4)28(31)25(24)14-20(5)30(37)38/h8,12-14,17,19,21-29,32-36H,9-11,15-16H2,1-7H3,(H,37,38)/b18-8+,20-14+/t19-,21-,22-,23+,24-,25-,26+,27+,28+,29-,31+/m0/s1. The minimum Gasteiger partial charge on any atom is -0.478 e. The number of hydrogen-bond donors (Lipinski definition) is 6. The molecule has 0 saturated heterocycles. The van der Waals surface area contributed by atoms with Crippen molar-refractivity contribution in [2.24, 2.45) is 40.9 Å². The van der Waals surface area contributed by atoms with Gasteiger partial charge in [0.05, 0.1) is 30.5 Å². The monoisotopic (exact) mass is 536 g/mol. The number of aliphatic hydroxyl groups is 5. The summed E-state index contributed by atoms with van der Waals surface area (Å²) < 4.78 is 0. The maximum absolute atomic E-state index is 11.7.